The Morgan fingerprint density at radius 2 is 1.83 bits per heavy atom. The van der Waals surface area contributed by atoms with Gasteiger partial charge in [-0.3, -0.25) is 14.5 Å². The Balaban J connectivity index is 1.83. The van der Waals surface area contributed by atoms with E-state index in [4.69, 9.17) is 0 Å². The van der Waals surface area contributed by atoms with Crippen molar-refractivity contribution in [2.45, 2.75) is 39.0 Å². The fraction of sp³-hybridized carbons (Fsp3) is 0.500. The van der Waals surface area contributed by atoms with Crippen LogP contribution in [0.5, 0.6) is 0 Å². The molecule has 5 heteroatoms. The fourth-order valence-electron chi connectivity index (χ4n) is 4.20. The molecule has 1 saturated carbocycles. The predicted molar refractivity (Wildman–Crippen MR) is 87.9 cm³/mol. The van der Waals surface area contributed by atoms with Crippen molar-refractivity contribution in [3.05, 3.63) is 29.8 Å². The highest BCUT2D eigenvalue weighted by atomic mass is 16.2. The zero-order valence-electron chi connectivity index (χ0n) is 13.5. The predicted octanol–water partition coefficient (Wildman–Crippen LogP) is 2.63. The quantitative estimate of drug-likeness (QED) is 0.800. The number of benzene rings is 1. The van der Waals surface area contributed by atoms with E-state index in [0.29, 0.717) is 0 Å². The van der Waals surface area contributed by atoms with Crippen molar-refractivity contribution in [3.63, 3.8) is 0 Å². The number of carbonyl (C=O) groups is 2. The molecule has 4 unspecified atom stereocenters. The maximum atomic E-state index is 13.0. The summed E-state index contributed by atoms with van der Waals surface area (Å²) in [5, 5.41) is 4.31. The molecule has 4 rings (SSSR count). The van der Waals surface area contributed by atoms with Crippen LogP contribution >= 0.6 is 0 Å². The molecule has 1 aromatic carbocycles. The molecule has 1 fully saturated rings. The average Bonchev–Trinajstić information content (AvgIpc) is 3.06. The molecular formula is C18H21N3O2. The van der Waals surface area contributed by atoms with Crippen LogP contribution in [0.15, 0.2) is 29.4 Å². The summed E-state index contributed by atoms with van der Waals surface area (Å²) < 4.78 is 0. The third kappa shape index (κ3) is 2.02. The molecule has 4 atom stereocenters. The lowest BCUT2D eigenvalue weighted by molar-refractivity contribution is -0.126. The van der Waals surface area contributed by atoms with Gasteiger partial charge in [0.25, 0.3) is 0 Å². The van der Waals surface area contributed by atoms with Crippen molar-refractivity contribution in [2.24, 2.45) is 22.9 Å². The van der Waals surface area contributed by atoms with Gasteiger partial charge in [0.15, 0.2) is 0 Å². The number of carbonyl (C=O) groups excluding carboxylic acids is 2. The lowest BCUT2D eigenvalue weighted by Gasteiger charge is -2.40. The number of nitrogens with one attached hydrogen (secondary N) is 1. The number of nitrogens with zero attached hydrogens (tertiary/aromatic N) is 2. The highest BCUT2D eigenvalue weighted by Gasteiger charge is 2.46. The van der Waals surface area contributed by atoms with Gasteiger partial charge in [-0.15, -0.1) is 0 Å². The van der Waals surface area contributed by atoms with Crippen LogP contribution in [0.2, 0.25) is 0 Å². The van der Waals surface area contributed by atoms with Crippen LogP contribution in [0, 0.1) is 17.8 Å². The molecule has 0 aromatic heterocycles. The summed E-state index contributed by atoms with van der Waals surface area (Å²) in [4.78, 5) is 26.8. The maximum Gasteiger partial charge on any atom is 0.243 e. The van der Waals surface area contributed by atoms with E-state index >= 15 is 0 Å². The largest absolute Gasteiger partial charge is 0.274 e. The topological polar surface area (TPSA) is 61.8 Å². The van der Waals surface area contributed by atoms with E-state index in [2.05, 4.69) is 23.5 Å². The zero-order chi connectivity index (χ0) is 16.1. The Hall–Kier alpha value is -2.17. The molecule has 0 bridgehead atoms. The van der Waals surface area contributed by atoms with Crippen LogP contribution in [0.4, 0.5) is 5.69 Å². The third-order valence-corrected chi connectivity index (χ3v) is 5.72. The lowest BCUT2D eigenvalue weighted by Crippen LogP contribution is -2.52. The smallest absolute Gasteiger partial charge is 0.243 e. The maximum absolute atomic E-state index is 13.0. The van der Waals surface area contributed by atoms with Gasteiger partial charge in [-0.2, -0.15) is 5.10 Å². The van der Waals surface area contributed by atoms with Crippen molar-refractivity contribution in [1.29, 1.82) is 0 Å². The van der Waals surface area contributed by atoms with Gasteiger partial charge in [0, 0.05) is 17.8 Å². The van der Waals surface area contributed by atoms with E-state index in [-0.39, 0.29) is 35.5 Å². The van der Waals surface area contributed by atoms with E-state index in [1.54, 1.807) is 4.90 Å². The third-order valence-electron chi connectivity index (χ3n) is 5.72. The van der Waals surface area contributed by atoms with Gasteiger partial charge in [0.2, 0.25) is 11.8 Å². The number of hydrazone groups is 1. The molecular weight excluding hydrogens is 290 g/mol. The van der Waals surface area contributed by atoms with Crippen molar-refractivity contribution in [2.75, 3.05) is 4.90 Å². The number of rotatable bonds is 0. The number of hydrogen-bond acceptors (Lipinski definition) is 3. The summed E-state index contributed by atoms with van der Waals surface area (Å²) in [6.45, 7) is 4.08. The standard InChI is InChI=1S/C18H21N3O2/c1-10-11(2)18(23)21(15-9-4-3-6-12(10)15)16-13-7-5-8-14(13)17(22)20-19-16/h3-4,6,9-11,13-14H,5,7-8H2,1-2H3,(H,20,22). The highest BCUT2D eigenvalue weighted by molar-refractivity contribution is 6.21. The first-order valence-electron chi connectivity index (χ1n) is 8.40. The Bertz CT molecular complexity index is 712. The van der Waals surface area contributed by atoms with Gasteiger partial charge >= 0.3 is 0 Å². The minimum atomic E-state index is -0.0925. The first-order chi connectivity index (χ1) is 11.1. The number of anilines is 1. The second kappa shape index (κ2) is 5.18. The van der Waals surface area contributed by atoms with E-state index in [1.165, 1.54) is 5.56 Å². The Morgan fingerprint density at radius 3 is 2.65 bits per heavy atom. The number of hydrogen-bond donors (Lipinski definition) is 1. The van der Waals surface area contributed by atoms with Crippen LogP contribution in [0.25, 0.3) is 0 Å². The van der Waals surface area contributed by atoms with Crippen molar-refractivity contribution >= 4 is 23.3 Å². The summed E-state index contributed by atoms with van der Waals surface area (Å²) in [5.74, 6) is 0.909. The summed E-state index contributed by atoms with van der Waals surface area (Å²) in [6.07, 6.45) is 2.81. The summed E-state index contributed by atoms with van der Waals surface area (Å²) in [5.41, 5.74) is 4.73. The number of para-hydroxylation sites is 1. The molecule has 2 heterocycles. The van der Waals surface area contributed by atoms with E-state index in [1.807, 2.05) is 25.1 Å². The number of fused-ring (bicyclic) bond motifs is 2. The minimum absolute atomic E-state index is 0.00425. The van der Waals surface area contributed by atoms with Crippen LogP contribution < -0.4 is 10.3 Å². The van der Waals surface area contributed by atoms with Crippen LogP contribution in [-0.2, 0) is 9.59 Å². The summed E-state index contributed by atoms with van der Waals surface area (Å²) >= 11 is 0. The monoisotopic (exact) mass is 311 g/mol. The van der Waals surface area contributed by atoms with E-state index < -0.39 is 0 Å². The van der Waals surface area contributed by atoms with E-state index in [9.17, 15) is 9.59 Å². The first-order valence-corrected chi connectivity index (χ1v) is 8.40. The van der Waals surface area contributed by atoms with Gasteiger partial charge in [-0.1, -0.05) is 38.5 Å². The fourth-order valence-corrected chi connectivity index (χ4v) is 4.20. The Labute approximate surface area is 135 Å². The molecule has 1 aromatic rings. The van der Waals surface area contributed by atoms with Gasteiger partial charge < -0.3 is 0 Å². The van der Waals surface area contributed by atoms with Gasteiger partial charge in [0.1, 0.15) is 5.84 Å². The molecule has 0 saturated heterocycles. The second-order valence-corrected chi connectivity index (χ2v) is 6.90. The molecule has 0 radical (unpaired) electrons. The molecule has 120 valence electrons. The van der Waals surface area contributed by atoms with Crippen molar-refractivity contribution in [1.82, 2.24) is 5.43 Å². The normalized spacial score (nSPS) is 33.0. The van der Waals surface area contributed by atoms with E-state index in [0.717, 1.165) is 30.8 Å². The van der Waals surface area contributed by atoms with Gasteiger partial charge in [0.05, 0.1) is 5.69 Å². The zero-order valence-corrected chi connectivity index (χ0v) is 13.5. The van der Waals surface area contributed by atoms with Crippen LogP contribution in [0.1, 0.15) is 44.6 Å². The molecule has 2 aliphatic heterocycles. The average molecular weight is 311 g/mol. The lowest BCUT2D eigenvalue weighted by atomic mass is 9.81. The van der Waals surface area contributed by atoms with Gasteiger partial charge in [-0.25, -0.2) is 5.43 Å². The van der Waals surface area contributed by atoms with Crippen molar-refractivity contribution < 1.29 is 9.59 Å². The Morgan fingerprint density at radius 1 is 1.09 bits per heavy atom. The minimum Gasteiger partial charge on any atom is -0.274 e. The molecule has 1 N–H and O–H groups in total. The van der Waals surface area contributed by atoms with Crippen LogP contribution in [0.3, 0.4) is 0 Å². The molecule has 5 nitrogen and oxygen atoms in total. The molecule has 0 spiro atoms. The molecule has 3 aliphatic rings. The highest BCUT2D eigenvalue weighted by Crippen LogP contribution is 2.43. The molecule has 2 amide bonds. The Kier molecular flexibility index (Phi) is 3.25. The molecule has 1 aliphatic carbocycles. The van der Waals surface area contributed by atoms with Gasteiger partial charge in [-0.05, 0) is 30.4 Å². The number of amides is 2. The summed E-state index contributed by atoms with van der Waals surface area (Å²) in [6, 6.07) is 8.04. The first kappa shape index (κ1) is 14.4. The van der Waals surface area contributed by atoms with Crippen LogP contribution in [-0.4, -0.2) is 17.6 Å². The second-order valence-electron chi connectivity index (χ2n) is 6.90. The number of amidine groups is 1. The van der Waals surface area contributed by atoms with Crippen molar-refractivity contribution in [3.8, 4) is 0 Å². The molecule has 23 heavy (non-hydrogen) atoms. The summed E-state index contributed by atoms with van der Waals surface area (Å²) in [7, 11) is 0. The SMILES string of the molecule is CC1C(=O)N(C2=NNC(=O)C3CCCC23)c2ccccc2C1C.